The molecule has 25 heavy (non-hydrogen) atoms. The Morgan fingerprint density at radius 3 is 2.68 bits per heavy atom. The van der Waals surface area contributed by atoms with E-state index in [2.05, 4.69) is 15.0 Å². The Hall–Kier alpha value is -1.61. The third-order valence-electron chi connectivity index (χ3n) is 4.11. The zero-order valence-corrected chi connectivity index (χ0v) is 14.8. The summed E-state index contributed by atoms with van der Waals surface area (Å²) in [4.78, 5) is 3.89. The third-order valence-corrected chi connectivity index (χ3v) is 5.58. The Bertz CT molecular complexity index is 821. The largest absolute Gasteiger partial charge is 0.315 e. The van der Waals surface area contributed by atoms with Gasteiger partial charge in [0.05, 0.1) is 0 Å². The SMILES string of the molecule is Cl.O=S(=O)(NC1CNCCC1c1ccc(F)c(F)c1)c1cccnc1. The van der Waals surface area contributed by atoms with Crippen LogP contribution in [0.5, 0.6) is 0 Å². The summed E-state index contributed by atoms with van der Waals surface area (Å²) in [5.41, 5.74) is 0.578. The summed E-state index contributed by atoms with van der Waals surface area (Å²) in [5, 5.41) is 3.12. The zero-order chi connectivity index (χ0) is 17.2. The number of hydrogen-bond donors (Lipinski definition) is 2. The number of piperidine rings is 1. The van der Waals surface area contributed by atoms with Crippen LogP contribution in [0.15, 0.2) is 47.6 Å². The number of halogens is 3. The summed E-state index contributed by atoms with van der Waals surface area (Å²) in [6.45, 7) is 1.08. The molecule has 3 rings (SSSR count). The van der Waals surface area contributed by atoms with Crippen molar-refractivity contribution in [1.29, 1.82) is 0 Å². The van der Waals surface area contributed by atoms with Crippen molar-refractivity contribution in [3.05, 3.63) is 59.9 Å². The lowest BCUT2D eigenvalue weighted by Gasteiger charge is -2.33. The molecule has 2 aromatic rings. The molecule has 1 fully saturated rings. The fourth-order valence-electron chi connectivity index (χ4n) is 2.90. The number of aromatic nitrogens is 1. The van der Waals surface area contributed by atoms with Gasteiger partial charge in [0, 0.05) is 30.9 Å². The van der Waals surface area contributed by atoms with Crippen LogP contribution in [-0.2, 0) is 10.0 Å². The Kier molecular flexibility index (Phi) is 6.45. The van der Waals surface area contributed by atoms with E-state index in [0.29, 0.717) is 25.1 Å². The number of sulfonamides is 1. The van der Waals surface area contributed by atoms with Crippen LogP contribution < -0.4 is 10.0 Å². The first kappa shape index (κ1) is 19.7. The van der Waals surface area contributed by atoms with Crippen LogP contribution in [0.3, 0.4) is 0 Å². The Morgan fingerprint density at radius 2 is 2.00 bits per heavy atom. The lowest BCUT2D eigenvalue weighted by molar-refractivity contribution is 0.376. The summed E-state index contributed by atoms with van der Waals surface area (Å²) in [7, 11) is -3.74. The molecule has 2 N–H and O–H groups in total. The van der Waals surface area contributed by atoms with E-state index in [0.717, 1.165) is 12.1 Å². The fourth-order valence-corrected chi connectivity index (χ4v) is 4.14. The van der Waals surface area contributed by atoms with E-state index >= 15 is 0 Å². The second-order valence-corrected chi connectivity index (χ2v) is 7.40. The highest BCUT2D eigenvalue weighted by atomic mass is 35.5. The molecule has 0 radical (unpaired) electrons. The van der Waals surface area contributed by atoms with Crippen molar-refractivity contribution in [1.82, 2.24) is 15.0 Å². The van der Waals surface area contributed by atoms with E-state index < -0.39 is 27.7 Å². The monoisotopic (exact) mass is 389 g/mol. The van der Waals surface area contributed by atoms with Gasteiger partial charge >= 0.3 is 0 Å². The van der Waals surface area contributed by atoms with Crippen LogP contribution in [0, 0.1) is 11.6 Å². The molecule has 1 saturated heterocycles. The van der Waals surface area contributed by atoms with Gasteiger partial charge in [-0.25, -0.2) is 21.9 Å². The van der Waals surface area contributed by atoms with Gasteiger partial charge in [0.25, 0.3) is 0 Å². The normalized spacial score (nSPS) is 20.7. The molecule has 2 heterocycles. The molecule has 136 valence electrons. The molecule has 1 aliphatic rings. The van der Waals surface area contributed by atoms with Gasteiger partial charge in [-0.3, -0.25) is 4.98 Å². The van der Waals surface area contributed by atoms with Crippen molar-refractivity contribution < 1.29 is 17.2 Å². The van der Waals surface area contributed by atoms with Gasteiger partial charge in [-0.2, -0.15) is 0 Å². The Labute approximate surface area is 151 Å². The number of nitrogens with zero attached hydrogens (tertiary/aromatic N) is 1. The van der Waals surface area contributed by atoms with Gasteiger partial charge in [-0.15, -0.1) is 12.4 Å². The first-order valence-corrected chi connectivity index (χ1v) is 9.04. The maximum atomic E-state index is 13.5. The van der Waals surface area contributed by atoms with Crippen molar-refractivity contribution in [3.8, 4) is 0 Å². The van der Waals surface area contributed by atoms with Crippen molar-refractivity contribution >= 4 is 22.4 Å². The molecular weight excluding hydrogens is 372 g/mol. The van der Waals surface area contributed by atoms with Gasteiger partial charge in [-0.1, -0.05) is 6.07 Å². The van der Waals surface area contributed by atoms with Gasteiger partial charge < -0.3 is 5.32 Å². The minimum Gasteiger partial charge on any atom is -0.315 e. The minimum absolute atomic E-state index is 0. The molecule has 2 unspecified atom stereocenters. The third kappa shape index (κ3) is 4.52. The molecule has 0 aliphatic carbocycles. The van der Waals surface area contributed by atoms with Crippen LogP contribution in [0.25, 0.3) is 0 Å². The highest BCUT2D eigenvalue weighted by molar-refractivity contribution is 7.89. The molecule has 5 nitrogen and oxygen atoms in total. The maximum Gasteiger partial charge on any atom is 0.242 e. The quantitative estimate of drug-likeness (QED) is 0.841. The Morgan fingerprint density at radius 1 is 1.20 bits per heavy atom. The van der Waals surface area contributed by atoms with E-state index in [9.17, 15) is 17.2 Å². The highest BCUT2D eigenvalue weighted by Gasteiger charge is 2.31. The highest BCUT2D eigenvalue weighted by Crippen LogP contribution is 2.28. The number of nitrogens with one attached hydrogen (secondary N) is 2. The molecule has 0 saturated carbocycles. The van der Waals surface area contributed by atoms with Gasteiger partial charge in [0.1, 0.15) is 4.90 Å². The molecule has 0 amide bonds. The second kappa shape index (κ2) is 8.18. The van der Waals surface area contributed by atoms with E-state index in [1.807, 2.05) is 0 Å². The summed E-state index contributed by atoms with van der Waals surface area (Å²) >= 11 is 0. The summed E-state index contributed by atoms with van der Waals surface area (Å²) in [6.07, 6.45) is 3.38. The summed E-state index contributed by atoms with van der Waals surface area (Å²) in [5.74, 6) is -2.09. The number of rotatable bonds is 4. The number of benzene rings is 1. The fraction of sp³-hybridized carbons (Fsp3) is 0.312. The van der Waals surface area contributed by atoms with Crippen LogP contribution in [0.1, 0.15) is 17.9 Å². The number of hydrogen-bond acceptors (Lipinski definition) is 4. The van der Waals surface area contributed by atoms with Crippen molar-refractivity contribution in [2.45, 2.75) is 23.3 Å². The molecule has 1 aliphatic heterocycles. The van der Waals surface area contributed by atoms with Crippen LogP contribution in [-0.4, -0.2) is 32.5 Å². The van der Waals surface area contributed by atoms with E-state index in [-0.39, 0.29) is 23.2 Å². The van der Waals surface area contributed by atoms with E-state index in [1.54, 1.807) is 6.07 Å². The van der Waals surface area contributed by atoms with E-state index in [4.69, 9.17) is 0 Å². The molecule has 0 spiro atoms. The molecular formula is C16H18ClF2N3O2S. The van der Waals surface area contributed by atoms with Gasteiger partial charge in [0.15, 0.2) is 11.6 Å². The average molecular weight is 390 g/mol. The molecule has 1 aromatic carbocycles. The first-order chi connectivity index (χ1) is 11.5. The van der Waals surface area contributed by atoms with E-state index in [1.165, 1.54) is 24.5 Å². The first-order valence-electron chi connectivity index (χ1n) is 7.55. The van der Waals surface area contributed by atoms with Crippen molar-refractivity contribution in [3.63, 3.8) is 0 Å². The van der Waals surface area contributed by atoms with Crippen LogP contribution >= 0.6 is 12.4 Å². The Balaban J connectivity index is 0.00000225. The summed E-state index contributed by atoms with van der Waals surface area (Å²) < 4.78 is 54.3. The molecule has 0 bridgehead atoms. The lowest BCUT2D eigenvalue weighted by atomic mass is 9.86. The second-order valence-electron chi connectivity index (χ2n) is 5.69. The summed E-state index contributed by atoms with van der Waals surface area (Å²) in [6, 6.07) is 6.24. The smallest absolute Gasteiger partial charge is 0.242 e. The van der Waals surface area contributed by atoms with Gasteiger partial charge in [-0.05, 0) is 42.8 Å². The molecule has 9 heteroatoms. The van der Waals surface area contributed by atoms with Gasteiger partial charge in [0.2, 0.25) is 10.0 Å². The topological polar surface area (TPSA) is 71.1 Å². The van der Waals surface area contributed by atoms with Crippen molar-refractivity contribution in [2.75, 3.05) is 13.1 Å². The lowest BCUT2D eigenvalue weighted by Crippen LogP contribution is -2.49. The molecule has 1 aromatic heterocycles. The number of pyridine rings is 1. The maximum absolute atomic E-state index is 13.5. The zero-order valence-electron chi connectivity index (χ0n) is 13.2. The average Bonchev–Trinajstić information content (AvgIpc) is 2.58. The van der Waals surface area contributed by atoms with Crippen molar-refractivity contribution in [2.24, 2.45) is 0 Å². The van der Waals surface area contributed by atoms with Crippen LogP contribution in [0.2, 0.25) is 0 Å². The predicted octanol–water partition coefficient (Wildman–Crippen LogP) is 2.21. The standard InChI is InChI=1S/C16H17F2N3O2S.ClH/c17-14-4-3-11(8-15(14)18)13-5-7-20-10-16(13)21-24(22,23)12-2-1-6-19-9-12;/h1-4,6,8-9,13,16,20-21H,5,7,10H2;1H. The van der Waals surface area contributed by atoms with Crippen LogP contribution in [0.4, 0.5) is 8.78 Å². The molecule has 2 atom stereocenters. The predicted molar refractivity (Wildman–Crippen MR) is 92.2 cm³/mol. The minimum atomic E-state index is -3.74.